The smallest absolute Gasteiger partial charge is 0.246 e. The third kappa shape index (κ3) is 5.05. The van der Waals surface area contributed by atoms with E-state index in [4.69, 9.17) is 14.0 Å². The van der Waals surface area contributed by atoms with Crippen LogP contribution in [0.5, 0.6) is 11.5 Å². The van der Waals surface area contributed by atoms with Crippen LogP contribution in [-0.4, -0.2) is 41.2 Å². The first-order chi connectivity index (χ1) is 15.0. The largest absolute Gasteiger partial charge is 0.493 e. The summed E-state index contributed by atoms with van der Waals surface area (Å²) in [5.41, 5.74) is 1.75. The van der Waals surface area contributed by atoms with Crippen molar-refractivity contribution in [1.29, 1.82) is 0 Å². The Morgan fingerprint density at radius 2 is 1.77 bits per heavy atom. The van der Waals surface area contributed by atoms with E-state index in [0.29, 0.717) is 29.6 Å². The highest BCUT2D eigenvalue weighted by Crippen LogP contribution is 2.31. The fourth-order valence-corrected chi connectivity index (χ4v) is 3.51. The maximum Gasteiger partial charge on any atom is 0.246 e. The molecule has 1 aromatic heterocycles. The van der Waals surface area contributed by atoms with E-state index >= 15 is 0 Å². The number of methoxy groups -OCH3 is 2. The van der Waals surface area contributed by atoms with Gasteiger partial charge in [-0.05, 0) is 44.0 Å². The Morgan fingerprint density at radius 3 is 2.39 bits per heavy atom. The number of hydrogen-bond acceptors (Lipinski definition) is 6. The maximum atomic E-state index is 13.4. The van der Waals surface area contributed by atoms with Crippen molar-refractivity contribution in [2.75, 3.05) is 14.2 Å². The van der Waals surface area contributed by atoms with Crippen LogP contribution >= 0.6 is 0 Å². The highest BCUT2D eigenvalue weighted by atomic mass is 16.5. The highest BCUT2D eigenvalue weighted by Gasteiger charge is 2.28. The van der Waals surface area contributed by atoms with Crippen LogP contribution in [-0.2, 0) is 11.3 Å². The second-order valence-electron chi connectivity index (χ2n) is 7.51. The number of benzene rings is 2. The first kappa shape index (κ1) is 22.3. The van der Waals surface area contributed by atoms with Crippen molar-refractivity contribution in [3.63, 3.8) is 0 Å². The SMILES string of the molecule is CC[C@H](C(=O)N(Cc1nc(-c2ccc(OC)c(OC)c2)no1)C(C)C)c1ccccc1. The van der Waals surface area contributed by atoms with Crippen molar-refractivity contribution in [3.05, 3.63) is 60.0 Å². The number of hydrogen-bond donors (Lipinski definition) is 0. The standard InChI is InChI=1S/C24H29N3O4/c1-6-19(17-10-8-7-9-11-17)24(28)27(16(2)3)15-22-25-23(26-31-22)18-12-13-20(29-4)21(14-18)30-5/h7-14,16,19H,6,15H2,1-5H3/t19-/m0/s1. The van der Waals surface area contributed by atoms with Crippen LogP contribution in [0.1, 0.15) is 44.6 Å². The molecule has 1 atom stereocenters. The minimum absolute atomic E-state index is 0.0123. The first-order valence-electron chi connectivity index (χ1n) is 10.4. The molecule has 0 bridgehead atoms. The summed E-state index contributed by atoms with van der Waals surface area (Å²) in [6, 6.07) is 15.3. The molecule has 3 aromatic rings. The Morgan fingerprint density at radius 1 is 1.06 bits per heavy atom. The molecule has 0 unspecified atom stereocenters. The van der Waals surface area contributed by atoms with Crippen LogP contribution in [0.15, 0.2) is 53.1 Å². The minimum Gasteiger partial charge on any atom is -0.493 e. The molecule has 0 N–H and O–H groups in total. The summed E-state index contributed by atoms with van der Waals surface area (Å²) in [4.78, 5) is 19.6. The van der Waals surface area contributed by atoms with Crippen LogP contribution in [0, 0.1) is 0 Å². The van der Waals surface area contributed by atoms with E-state index in [9.17, 15) is 4.79 Å². The molecule has 0 spiro atoms. The zero-order valence-corrected chi connectivity index (χ0v) is 18.7. The second-order valence-corrected chi connectivity index (χ2v) is 7.51. The minimum atomic E-state index is -0.211. The fraction of sp³-hybridized carbons (Fsp3) is 0.375. The van der Waals surface area contributed by atoms with Crippen LogP contribution in [0.2, 0.25) is 0 Å². The molecule has 0 aliphatic heterocycles. The number of aromatic nitrogens is 2. The third-order valence-corrected chi connectivity index (χ3v) is 5.23. The fourth-order valence-electron chi connectivity index (χ4n) is 3.51. The van der Waals surface area contributed by atoms with E-state index in [1.54, 1.807) is 31.3 Å². The van der Waals surface area contributed by atoms with Gasteiger partial charge in [0.2, 0.25) is 17.6 Å². The molecule has 1 amide bonds. The van der Waals surface area contributed by atoms with Gasteiger partial charge in [-0.3, -0.25) is 4.79 Å². The summed E-state index contributed by atoms with van der Waals surface area (Å²) >= 11 is 0. The Bertz CT molecular complexity index is 1000. The molecule has 0 saturated carbocycles. The zero-order valence-electron chi connectivity index (χ0n) is 18.7. The molecule has 0 aliphatic rings. The molecule has 7 heteroatoms. The number of carbonyl (C=O) groups excluding carboxylic acids is 1. The molecule has 164 valence electrons. The number of rotatable bonds is 9. The lowest BCUT2D eigenvalue weighted by atomic mass is 9.94. The summed E-state index contributed by atoms with van der Waals surface area (Å²) in [7, 11) is 3.16. The molecule has 0 radical (unpaired) electrons. The number of carbonyl (C=O) groups is 1. The molecule has 7 nitrogen and oxygen atoms in total. The summed E-state index contributed by atoms with van der Waals surface area (Å²) in [6.07, 6.45) is 0.715. The van der Waals surface area contributed by atoms with Crippen LogP contribution in [0.4, 0.5) is 0 Å². The van der Waals surface area contributed by atoms with Gasteiger partial charge in [0, 0.05) is 11.6 Å². The van der Waals surface area contributed by atoms with Crippen molar-refractivity contribution < 1.29 is 18.8 Å². The Kier molecular flexibility index (Phi) is 7.28. The average Bonchev–Trinajstić information content (AvgIpc) is 3.26. The topological polar surface area (TPSA) is 77.7 Å². The average molecular weight is 424 g/mol. The summed E-state index contributed by atoms with van der Waals surface area (Å²) in [5, 5.41) is 4.09. The van der Waals surface area contributed by atoms with Crippen molar-refractivity contribution in [2.45, 2.75) is 45.7 Å². The van der Waals surface area contributed by atoms with E-state index < -0.39 is 0 Å². The van der Waals surface area contributed by atoms with E-state index in [1.807, 2.05) is 57.2 Å². The van der Waals surface area contributed by atoms with Gasteiger partial charge in [0.15, 0.2) is 11.5 Å². The van der Waals surface area contributed by atoms with Gasteiger partial charge >= 0.3 is 0 Å². The van der Waals surface area contributed by atoms with Gasteiger partial charge in [0.25, 0.3) is 0 Å². The van der Waals surface area contributed by atoms with Crippen molar-refractivity contribution in [2.24, 2.45) is 0 Å². The molecule has 1 heterocycles. The molecular weight excluding hydrogens is 394 g/mol. The highest BCUT2D eigenvalue weighted by molar-refractivity contribution is 5.83. The normalized spacial score (nSPS) is 11.9. The first-order valence-corrected chi connectivity index (χ1v) is 10.4. The van der Waals surface area contributed by atoms with Crippen molar-refractivity contribution in [3.8, 4) is 22.9 Å². The number of ether oxygens (including phenoxy) is 2. The molecule has 0 fully saturated rings. The number of nitrogens with zero attached hydrogens (tertiary/aromatic N) is 3. The van der Waals surface area contributed by atoms with Gasteiger partial charge in [-0.2, -0.15) is 4.98 Å². The lowest BCUT2D eigenvalue weighted by molar-refractivity contribution is -0.135. The molecule has 31 heavy (non-hydrogen) atoms. The third-order valence-electron chi connectivity index (χ3n) is 5.23. The van der Waals surface area contributed by atoms with Crippen LogP contribution in [0.3, 0.4) is 0 Å². The van der Waals surface area contributed by atoms with E-state index in [1.165, 1.54) is 0 Å². The second kappa shape index (κ2) is 10.1. The van der Waals surface area contributed by atoms with Crippen LogP contribution in [0.25, 0.3) is 11.4 Å². The van der Waals surface area contributed by atoms with E-state index in [-0.39, 0.29) is 24.4 Å². The van der Waals surface area contributed by atoms with Gasteiger partial charge in [-0.1, -0.05) is 42.4 Å². The lowest BCUT2D eigenvalue weighted by Crippen LogP contribution is -2.39. The Balaban J connectivity index is 1.82. The molecular formula is C24H29N3O4. The van der Waals surface area contributed by atoms with Crippen molar-refractivity contribution >= 4 is 5.91 Å². The van der Waals surface area contributed by atoms with Gasteiger partial charge in [0.05, 0.1) is 20.1 Å². The molecule has 2 aromatic carbocycles. The quantitative estimate of drug-likeness (QED) is 0.497. The molecule has 3 rings (SSSR count). The summed E-state index contributed by atoms with van der Waals surface area (Å²) < 4.78 is 16.1. The lowest BCUT2D eigenvalue weighted by Gasteiger charge is -2.29. The van der Waals surface area contributed by atoms with Crippen molar-refractivity contribution in [1.82, 2.24) is 15.0 Å². The van der Waals surface area contributed by atoms with Gasteiger partial charge in [0.1, 0.15) is 6.54 Å². The van der Waals surface area contributed by atoms with E-state index in [0.717, 1.165) is 11.1 Å². The maximum absolute atomic E-state index is 13.4. The Hall–Kier alpha value is -3.35. The van der Waals surface area contributed by atoms with Gasteiger partial charge in [-0.15, -0.1) is 0 Å². The van der Waals surface area contributed by atoms with Gasteiger partial charge in [-0.25, -0.2) is 0 Å². The predicted octanol–water partition coefficient (Wildman–Crippen LogP) is 4.68. The Labute approximate surface area is 183 Å². The van der Waals surface area contributed by atoms with E-state index in [2.05, 4.69) is 10.1 Å². The monoisotopic (exact) mass is 423 g/mol. The number of amides is 1. The molecule has 0 aliphatic carbocycles. The van der Waals surface area contributed by atoms with Gasteiger partial charge < -0.3 is 18.9 Å². The summed E-state index contributed by atoms with van der Waals surface area (Å²) in [5.74, 6) is 1.86. The predicted molar refractivity (Wildman–Crippen MR) is 118 cm³/mol. The van der Waals surface area contributed by atoms with Crippen LogP contribution < -0.4 is 9.47 Å². The molecule has 0 saturated heterocycles. The summed E-state index contributed by atoms with van der Waals surface area (Å²) in [6.45, 7) is 6.25. The zero-order chi connectivity index (χ0) is 22.4.